The highest BCUT2D eigenvalue weighted by molar-refractivity contribution is 6.20. The van der Waals surface area contributed by atoms with E-state index in [1.807, 2.05) is 4.90 Å². The van der Waals surface area contributed by atoms with E-state index in [1.54, 1.807) is 7.05 Å². The minimum atomic E-state index is -0.277. The van der Waals surface area contributed by atoms with E-state index in [4.69, 9.17) is 16.3 Å². The first-order chi connectivity index (χ1) is 11.5. The van der Waals surface area contributed by atoms with Crippen LogP contribution >= 0.6 is 11.6 Å². The van der Waals surface area contributed by atoms with Gasteiger partial charge in [-0.1, -0.05) is 0 Å². The number of halogens is 1. The normalized spacial score (nSPS) is 32.9. The summed E-state index contributed by atoms with van der Waals surface area (Å²) in [7, 11) is 1.68. The molecule has 0 aromatic carbocycles. The summed E-state index contributed by atoms with van der Waals surface area (Å²) in [5.41, 5.74) is 2.99. The molecule has 2 amide bonds. The third kappa shape index (κ3) is 4.41. The summed E-state index contributed by atoms with van der Waals surface area (Å²) in [6, 6.07) is -0.277. The number of alkyl halides is 1. The number of hydrogen-bond donors (Lipinski definition) is 1. The largest absolute Gasteiger partial charge is 0.375 e. The number of carbonyl (C=O) groups is 2. The second-order valence-corrected chi connectivity index (χ2v) is 7.84. The van der Waals surface area contributed by atoms with Gasteiger partial charge in [-0.25, -0.2) is 5.43 Å². The highest BCUT2D eigenvalue weighted by atomic mass is 35.5. The second kappa shape index (κ2) is 8.02. The van der Waals surface area contributed by atoms with Crippen LogP contribution in [0.15, 0.2) is 0 Å². The maximum Gasteiger partial charge on any atom is 0.241 e. The molecule has 7 heteroatoms. The summed E-state index contributed by atoms with van der Waals surface area (Å²) in [6.07, 6.45) is 7.61. The molecule has 0 aromatic heterocycles. The molecule has 3 rings (SSSR count). The lowest BCUT2D eigenvalue weighted by molar-refractivity contribution is -0.145. The quantitative estimate of drug-likeness (QED) is 0.780. The summed E-state index contributed by atoms with van der Waals surface area (Å²) < 4.78 is 6.22. The van der Waals surface area contributed by atoms with E-state index in [9.17, 15) is 9.59 Å². The Morgan fingerprint density at radius 3 is 2.58 bits per heavy atom. The van der Waals surface area contributed by atoms with E-state index in [0.717, 1.165) is 51.6 Å². The van der Waals surface area contributed by atoms with Gasteiger partial charge in [0.25, 0.3) is 0 Å². The van der Waals surface area contributed by atoms with E-state index in [2.05, 4.69) is 5.43 Å². The third-order valence-electron chi connectivity index (χ3n) is 5.37. The van der Waals surface area contributed by atoms with Crippen molar-refractivity contribution in [2.75, 3.05) is 20.1 Å². The van der Waals surface area contributed by atoms with Crippen molar-refractivity contribution in [2.24, 2.45) is 0 Å². The molecular weight excluding hydrogens is 330 g/mol. The predicted octanol–water partition coefficient (Wildman–Crippen LogP) is 1.67. The first kappa shape index (κ1) is 18.0. The number of amides is 2. The van der Waals surface area contributed by atoms with Crippen LogP contribution in [0.2, 0.25) is 0 Å². The van der Waals surface area contributed by atoms with Crippen LogP contribution in [-0.2, 0) is 14.3 Å². The highest BCUT2D eigenvalue weighted by Crippen LogP contribution is 2.28. The van der Waals surface area contributed by atoms with E-state index in [0.29, 0.717) is 12.8 Å². The maximum absolute atomic E-state index is 12.6. The first-order valence-electron chi connectivity index (χ1n) is 9.14. The molecular formula is C17H28ClN3O3. The fourth-order valence-electron chi connectivity index (χ4n) is 3.90. The van der Waals surface area contributed by atoms with Crippen molar-refractivity contribution in [1.29, 1.82) is 0 Å². The lowest BCUT2D eigenvalue weighted by Gasteiger charge is -2.38. The molecule has 6 nitrogen and oxygen atoms in total. The number of rotatable bonds is 3. The Morgan fingerprint density at radius 1 is 1.17 bits per heavy atom. The van der Waals surface area contributed by atoms with Crippen molar-refractivity contribution in [1.82, 2.24) is 15.3 Å². The molecule has 3 aliphatic rings. The summed E-state index contributed by atoms with van der Waals surface area (Å²) in [5, 5.41) is 1.69. The predicted molar refractivity (Wildman–Crippen MR) is 91.5 cm³/mol. The number of hydrogen-bond acceptors (Lipinski definition) is 4. The second-order valence-electron chi connectivity index (χ2n) is 7.22. The van der Waals surface area contributed by atoms with Crippen LogP contribution in [0.1, 0.15) is 51.4 Å². The zero-order valence-electron chi connectivity index (χ0n) is 14.4. The van der Waals surface area contributed by atoms with Crippen LogP contribution < -0.4 is 5.43 Å². The monoisotopic (exact) mass is 357 g/mol. The minimum absolute atomic E-state index is 0.0382. The summed E-state index contributed by atoms with van der Waals surface area (Å²) in [5.74, 6) is 0.141. The van der Waals surface area contributed by atoms with Gasteiger partial charge in [0.15, 0.2) is 0 Å². The molecule has 0 aromatic rings. The maximum atomic E-state index is 12.6. The number of nitrogens with one attached hydrogen (secondary N) is 1. The van der Waals surface area contributed by atoms with Gasteiger partial charge in [0, 0.05) is 31.9 Å². The summed E-state index contributed by atoms with van der Waals surface area (Å²) in [6.45, 7) is 1.47. The molecule has 1 N–H and O–H groups in total. The van der Waals surface area contributed by atoms with Crippen LogP contribution in [0.5, 0.6) is 0 Å². The number of nitrogens with zero attached hydrogens (tertiary/aromatic N) is 2. The molecule has 3 unspecified atom stereocenters. The number of carbonyl (C=O) groups excluding carboxylic acids is 2. The Hall–Kier alpha value is -0.850. The molecule has 3 fully saturated rings. The Labute approximate surface area is 148 Å². The van der Waals surface area contributed by atoms with Gasteiger partial charge in [0.2, 0.25) is 11.8 Å². The van der Waals surface area contributed by atoms with Crippen LogP contribution in [-0.4, -0.2) is 65.5 Å². The number of hydrazine groups is 1. The molecule has 3 atom stereocenters. The van der Waals surface area contributed by atoms with Crippen molar-refractivity contribution in [2.45, 2.75) is 75.0 Å². The van der Waals surface area contributed by atoms with E-state index >= 15 is 0 Å². The standard InChI is InChI=1S/C17H28ClN3O3/c1-20-16(22)6-5-15(19-20)17(23)21-9-7-13(8-10-21)24-14-4-2-3-12(18)11-14/h12-15,19H,2-11H2,1H3. The van der Waals surface area contributed by atoms with Gasteiger partial charge in [-0.05, 0) is 44.9 Å². The Bertz CT molecular complexity index is 468. The molecule has 0 radical (unpaired) electrons. The lowest BCUT2D eigenvalue weighted by atomic mass is 9.96. The smallest absolute Gasteiger partial charge is 0.241 e. The van der Waals surface area contributed by atoms with Gasteiger partial charge in [-0.2, -0.15) is 0 Å². The number of likely N-dealkylation sites (tertiary alicyclic amines) is 1. The van der Waals surface area contributed by atoms with Crippen LogP contribution in [0.4, 0.5) is 0 Å². The Kier molecular flexibility index (Phi) is 6.00. The lowest BCUT2D eigenvalue weighted by Crippen LogP contribution is -2.58. The number of ether oxygens (including phenoxy) is 1. The average molecular weight is 358 g/mol. The average Bonchev–Trinajstić information content (AvgIpc) is 2.57. The van der Waals surface area contributed by atoms with Gasteiger partial charge in [0.05, 0.1) is 12.2 Å². The van der Waals surface area contributed by atoms with Crippen molar-refractivity contribution in [3.05, 3.63) is 0 Å². The Morgan fingerprint density at radius 2 is 1.92 bits per heavy atom. The van der Waals surface area contributed by atoms with E-state index in [-0.39, 0.29) is 35.4 Å². The minimum Gasteiger partial charge on any atom is -0.375 e. The summed E-state index contributed by atoms with van der Waals surface area (Å²) in [4.78, 5) is 26.0. The Balaban J connectivity index is 1.43. The van der Waals surface area contributed by atoms with Gasteiger partial charge in [-0.3, -0.25) is 14.6 Å². The van der Waals surface area contributed by atoms with Crippen LogP contribution in [0, 0.1) is 0 Å². The molecule has 136 valence electrons. The SMILES string of the molecule is CN1NC(C(=O)N2CCC(OC3CCCC(Cl)C3)CC2)CCC1=O. The first-order valence-corrected chi connectivity index (χ1v) is 9.57. The molecule has 2 heterocycles. The zero-order chi connectivity index (χ0) is 17.1. The molecule has 1 aliphatic carbocycles. The molecule has 1 saturated carbocycles. The van der Waals surface area contributed by atoms with Crippen LogP contribution in [0.25, 0.3) is 0 Å². The molecule has 24 heavy (non-hydrogen) atoms. The zero-order valence-corrected chi connectivity index (χ0v) is 15.1. The van der Waals surface area contributed by atoms with Gasteiger partial charge in [0.1, 0.15) is 6.04 Å². The molecule has 0 bridgehead atoms. The van der Waals surface area contributed by atoms with Crippen molar-refractivity contribution in [3.8, 4) is 0 Å². The highest BCUT2D eigenvalue weighted by Gasteiger charge is 2.33. The van der Waals surface area contributed by atoms with Crippen molar-refractivity contribution >= 4 is 23.4 Å². The fourth-order valence-corrected chi connectivity index (χ4v) is 4.25. The third-order valence-corrected chi connectivity index (χ3v) is 5.77. The summed E-state index contributed by atoms with van der Waals surface area (Å²) >= 11 is 6.23. The molecule has 2 saturated heterocycles. The van der Waals surface area contributed by atoms with Gasteiger partial charge in [-0.15, -0.1) is 11.6 Å². The van der Waals surface area contributed by atoms with Crippen molar-refractivity contribution < 1.29 is 14.3 Å². The van der Waals surface area contributed by atoms with Gasteiger partial charge < -0.3 is 9.64 Å². The van der Waals surface area contributed by atoms with E-state index in [1.165, 1.54) is 5.01 Å². The fraction of sp³-hybridized carbons (Fsp3) is 0.882. The van der Waals surface area contributed by atoms with Crippen molar-refractivity contribution in [3.63, 3.8) is 0 Å². The topological polar surface area (TPSA) is 61.9 Å². The van der Waals surface area contributed by atoms with Crippen LogP contribution in [0.3, 0.4) is 0 Å². The molecule has 0 spiro atoms. The van der Waals surface area contributed by atoms with E-state index < -0.39 is 0 Å². The molecule has 2 aliphatic heterocycles. The van der Waals surface area contributed by atoms with Gasteiger partial charge >= 0.3 is 0 Å². The number of piperidine rings is 1.